The zero-order valence-electron chi connectivity index (χ0n) is 20.4. The average Bonchev–Trinajstić information content (AvgIpc) is 3.65. The first-order chi connectivity index (χ1) is 18.9. The number of nitrogens with one attached hydrogen (secondary N) is 2. The second-order valence-corrected chi connectivity index (χ2v) is 9.58. The van der Waals surface area contributed by atoms with Gasteiger partial charge in [0.2, 0.25) is 0 Å². The molecule has 1 aliphatic heterocycles. The van der Waals surface area contributed by atoms with E-state index in [1.165, 1.54) is 12.4 Å². The third-order valence-electron chi connectivity index (χ3n) is 6.88. The van der Waals surface area contributed by atoms with Crippen LogP contribution in [0.3, 0.4) is 0 Å². The lowest BCUT2D eigenvalue weighted by molar-refractivity contribution is 0.0115. The highest BCUT2D eigenvalue weighted by atomic mass is 19.3. The van der Waals surface area contributed by atoms with Crippen LogP contribution in [0.4, 0.5) is 13.2 Å². The highest BCUT2D eigenvalue weighted by Gasteiger charge is 2.38. The van der Waals surface area contributed by atoms with Crippen molar-refractivity contribution in [3.8, 4) is 33.9 Å². The van der Waals surface area contributed by atoms with Gasteiger partial charge in [0.05, 0.1) is 40.9 Å². The van der Waals surface area contributed by atoms with E-state index < -0.39 is 11.7 Å². The molecule has 6 aromatic rings. The van der Waals surface area contributed by atoms with E-state index in [-0.39, 0.29) is 24.0 Å². The third kappa shape index (κ3) is 4.18. The number of aromatic amines is 2. The number of rotatable bonds is 5. The van der Waals surface area contributed by atoms with Gasteiger partial charge in [-0.25, -0.2) is 18.2 Å². The van der Waals surface area contributed by atoms with Gasteiger partial charge in [-0.2, -0.15) is 5.10 Å². The van der Waals surface area contributed by atoms with Crippen LogP contribution in [0.2, 0.25) is 0 Å². The van der Waals surface area contributed by atoms with Crippen LogP contribution in [-0.4, -0.2) is 64.0 Å². The van der Waals surface area contributed by atoms with E-state index in [1.807, 2.05) is 12.1 Å². The molecular weight excluding hydrogens is 507 g/mol. The maximum atomic E-state index is 16.1. The highest BCUT2D eigenvalue weighted by Crippen LogP contribution is 2.34. The summed E-state index contributed by atoms with van der Waals surface area (Å²) in [5, 5.41) is 7.39. The molecule has 7 heterocycles. The number of hydrogen-bond donors (Lipinski definition) is 2. The number of imidazole rings is 1. The Bertz CT molecular complexity index is 1830. The fraction of sp³-hybridized carbons (Fsp3) is 0.185. The van der Waals surface area contributed by atoms with Crippen molar-refractivity contribution in [1.82, 2.24) is 45.0 Å². The van der Waals surface area contributed by atoms with Crippen LogP contribution in [0.5, 0.6) is 0 Å². The standard InChI is InChI=1S/C27H20F3N9/c28-22-21-19(12-34-23(22)17-7-15(8-32-9-17)13-39-6-3-27(29,30)14-39)37-38-25(21)26-35-20-11-33-10-18(24(20)36-26)16-1-4-31-5-2-16/h1-2,4-5,7-12H,3,6,13-14H2,(H,35,36)(H,37,38). The molecule has 0 unspecified atom stereocenters. The van der Waals surface area contributed by atoms with Crippen LogP contribution in [0, 0.1) is 5.82 Å². The van der Waals surface area contributed by atoms with Crippen LogP contribution in [0.25, 0.3) is 55.8 Å². The summed E-state index contributed by atoms with van der Waals surface area (Å²) in [5.74, 6) is -2.90. The SMILES string of the molecule is Fc1c(-c2cncc(CN3CCC(F)(F)C3)c2)ncc2[nH]nc(-c3nc4c(-c5ccncc5)cncc4[nH]3)c12. The van der Waals surface area contributed by atoms with Crippen molar-refractivity contribution < 1.29 is 13.2 Å². The predicted molar refractivity (Wildman–Crippen MR) is 138 cm³/mol. The zero-order valence-corrected chi connectivity index (χ0v) is 20.4. The summed E-state index contributed by atoms with van der Waals surface area (Å²) in [6.07, 6.45) is 11.2. The van der Waals surface area contributed by atoms with Crippen LogP contribution in [0.15, 0.2) is 61.6 Å². The lowest BCUT2D eigenvalue weighted by Gasteiger charge is -2.15. The Morgan fingerprint density at radius 3 is 2.59 bits per heavy atom. The first-order valence-corrected chi connectivity index (χ1v) is 12.3. The molecule has 1 saturated heterocycles. The van der Waals surface area contributed by atoms with E-state index in [0.717, 1.165) is 11.1 Å². The molecule has 1 fully saturated rings. The van der Waals surface area contributed by atoms with E-state index in [9.17, 15) is 8.78 Å². The lowest BCUT2D eigenvalue weighted by Crippen LogP contribution is -2.24. The highest BCUT2D eigenvalue weighted by molar-refractivity contribution is 5.97. The predicted octanol–water partition coefficient (Wildman–Crippen LogP) is 5.00. The fourth-order valence-corrected chi connectivity index (χ4v) is 5.04. The Balaban J connectivity index is 1.28. The number of hydrogen-bond acceptors (Lipinski definition) is 7. The monoisotopic (exact) mass is 527 g/mol. The molecule has 9 nitrogen and oxygen atoms in total. The molecule has 0 atom stereocenters. The van der Waals surface area contributed by atoms with Crippen molar-refractivity contribution in [3.63, 3.8) is 0 Å². The molecule has 0 aliphatic carbocycles. The lowest BCUT2D eigenvalue weighted by atomic mass is 10.1. The number of aromatic nitrogens is 8. The number of pyridine rings is 4. The Morgan fingerprint density at radius 2 is 1.77 bits per heavy atom. The number of likely N-dealkylation sites (tertiary alicyclic amines) is 1. The van der Waals surface area contributed by atoms with E-state index >= 15 is 4.39 Å². The number of H-pyrrole nitrogens is 2. The van der Waals surface area contributed by atoms with Crippen molar-refractivity contribution in [2.45, 2.75) is 18.9 Å². The molecular formula is C27H20F3N9. The Kier molecular flexibility index (Phi) is 5.37. The molecule has 7 rings (SSSR count). The van der Waals surface area contributed by atoms with Gasteiger partial charge in [-0.05, 0) is 29.3 Å². The maximum absolute atomic E-state index is 16.1. The summed E-state index contributed by atoms with van der Waals surface area (Å²) in [5.41, 5.74) is 4.98. The van der Waals surface area contributed by atoms with Gasteiger partial charge in [0.25, 0.3) is 5.92 Å². The molecule has 0 saturated carbocycles. The van der Waals surface area contributed by atoms with Crippen LogP contribution in [0.1, 0.15) is 12.0 Å². The summed E-state index contributed by atoms with van der Waals surface area (Å²) in [4.78, 5) is 26.5. The number of nitrogens with zero attached hydrogens (tertiary/aromatic N) is 7. The first kappa shape index (κ1) is 23.4. The van der Waals surface area contributed by atoms with Crippen molar-refractivity contribution in [3.05, 3.63) is 73.0 Å². The molecule has 0 bridgehead atoms. The molecule has 0 aromatic carbocycles. The third-order valence-corrected chi connectivity index (χ3v) is 6.88. The van der Waals surface area contributed by atoms with Gasteiger partial charge in [-0.15, -0.1) is 0 Å². The summed E-state index contributed by atoms with van der Waals surface area (Å²) >= 11 is 0. The normalized spacial score (nSPS) is 15.5. The van der Waals surface area contributed by atoms with Gasteiger partial charge < -0.3 is 4.98 Å². The molecule has 0 radical (unpaired) electrons. The topological polar surface area (TPSA) is 112 Å². The number of halogens is 3. The molecule has 0 spiro atoms. The summed E-state index contributed by atoms with van der Waals surface area (Å²) < 4.78 is 43.3. The average molecular weight is 528 g/mol. The fourth-order valence-electron chi connectivity index (χ4n) is 5.04. The van der Waals surface area contributed by atoms with E-state index in [2.05, 4.69) is 35.1 Å². The molecule has 6 aromatic heterocycles. The van der Waals surface area contributed by atoms with Gasteiger partial charge in [0.1, 0.15) is 11.4 Å². The Labute approximate surface area is 219 Å². The Morgan fingerprint density at radius 1 is 0.923 bits per heavy atom. The quantitative estimate of drug-likeness (QED) is 0.325. The van der Waals surface area contributed by atoms with E-state index in [4.69, 9.17) is 4.98 Å². The van der Waals surface area contributed by atoms with E-state index in [1.54, 1.807) is 42.0 Å². The van der Waals surface area contributed by atoms with Gasteiger partial charge in [-0.1, -0.05) is 0 Å². The molecule has 12 heteroatoms. The van der Waals surface area contributed by atoms with Crippen molar-refractivity contribution in [1.29, 1.82) is 0 Å². The first-order valence-electron chi connectivity index (χ1n) is 12.3. The van der Waals surface area contributed by atoms with Crippen LogP contribution in [-0.2, 0) is 6.54 Å². The molecule has 194 valence electrons. The van der Waals surface area contributed by atoms with Gasteiger partial charge >= 0.3 is 0 Å². The van der Waals surface area contributed by atoms with Gasteiger partial charge in [0.15, 0.2) is 11.6 Å². The summed E-state index contributed by atoms with van der Waals surface area (Å²) in [7, 11) is 0. The minimum atomic E-state index is -2.69. The zero-order chi connectivity index (χ0) is 26.6. The molecule has 1 aliphatic rings. The van der Waals surface area contributed by atoms with Crippen molar-refractivity contribution >= 4 is 21.9 Å². The summed E-state index contributed by atoms with van der Waals surface area (Å²) in [6.45, 7) is 0.290. The van der Waals surface area contributed by atoms with E-state index in [0.29, 0.717) is 52.3 Å². The van der Waals surface area contributed by atoms with Crippen molar-refractivity contribution in [2.75, 3.05) is 13.1 Å². The van der Waals surface area contributed by atoms with Gasteiger partial charge in [0, 0.05) is 61.6 Å². The molecule has 2 N–H and O–H groups in total. The van der Waals surface area contributed by atoms with Crippen LogP contribution >= 0.6 is 0 Å². The van der Waals surface area contributed by atoms with Crippen molar-refractivity contribution in [2.24, 2.45) is 0 Å². The second kappa shape index (κ2) is 8.95. The second-order valence-electron chi connectivity index (χ2n) is 9.58. The summed E-state index contributed by atoms with van der Waals surface area (Å²) in [6, 6.07) is 5.46. The minimum Gasteiger partial charge on any atom is -0.335 e. The Hall–Kier alpha value is -4.71. The maximum Gasteiger partial charge on any atom is 0.261 e. The number of alkyl halides is 2. The molecule has 39 heavy (non-hydrogen) atoms. The van der Waals surface area contributed by atoms with Gasteiger partial charge in [-0.3, -0.25) is 29.9 Å². The largest absolute Gasteiger partial charge is 0.335 e. The minimum absolute atomic E-state index is 0.0847. The smallest absolute Gasteiger partial charge is 0.261 e. The molecule has 0 amide bonds. The van der Waals surface area contributed by atoms with Crippen LogP contribution < -0.4 is 0 Å². The number of fused-ring (bicyclic) bond motifs is 2.